The second kappa shape index (κ2) is 6.99. The lowest BCUT2D eigenvalue weighted by molar-refractivity contribution is -0.137. The molecule has 0 bridgehead atoms. The Balaban J connectivity index is 2.96. The number of rotatable bonds is 5. The fourth-order valence-electron chi connectivity index (χ4n) is 1.37. The van der Waals surface area contributed by atoms with E-state index in [4.69, 9.17) is 10.4 Å². The van der Waals surface area contributed by atoms with E-state index in [2.05, 4.69) is 5.32 Å². The summed E-state index contributed by atoms with van der Waals surface area (Å²) in [4.78, 5) is 22.3. The molecule has 0 heterocycles. The summed E-state index contributed by atoms with van der Waals surface area (Å²) in [5, 5.41) is 19.3. The van der Waals surface area contributed by atoms with Gasteiger partial charge in [-0.3, -0.25) is 4.79 Å². The number of carbonyl (C=O) groups excluding carboxylic acids is 1. The van der Waals surface area contributed by atoms with Crippen LogP contribution in [0, 0.1) is 11.3 Å². The standard InChI is InChI=1S/C12H9F3N2O3S/c13-12(14,15)8-3-7(11(19)20)4-9(5-8)17-10(18)6-21-2-1-16/h3-5H,2,6H2,(H,17,18)(H,19,20). The van der Waals surface area contributed by atoms with Crippen LogP contribution < -0.4 is 5.32 Å². The van der Waals surface area contributed by atoms with Crippen molar-refractivity contribution in [3.05, 3.63) is 29.3 Å². The molecule has 0 spiro atoms. The van der Waals surface area contributed by atoms with Crippen LogP contribution in [0.4, 0.5) is 18.9 Å². The summed E-state index contributed by atoms with van der Waals surface area (Å²) in [6, 6.07) is 3.87. The second-order valence-electron chi connectivity index (χ2n) is 3.80. The molecular weight excluding hydrogens is 309 g/mol. The van der Waals surface area contributed by atoms with Crippen LogP contribution in [0.15, 0.2) is 18.2 Å². The summed E-state index contributed by atoms with van der Waals surface area (Å²) in [7, 11) is 0. The lowest BCUT2D eigenvalue weighted by atomic mass is 10.1. The van der Waals surface area contributed by atoms with Gasteiger partial charge in [0.1, 0.15) is 0 Å². The Hall–Kier alpha value is -2.21. The molecular formula is C12H9F3N2O3S. The van der Waals surface area contributed by atoms with Crippen LogP contribution >= 0.6 is 11.8 Å². The number of carbonyl (C=O) groups is 2. The molecule has 0 aliphatic rings. The molecule has 0 aromatic heterocycles. The summed E-state index contributed by atoms with van der Waals surface area (Å²) in [6.07, 6.45) is -4.72. The van der Waals surface area contributed by atoms with E-state index in [0.29, 0.717) is 12.1 Å². The molecule has 1 aromatic rings. The lowest BCUT2D eigenvalue weighted by Gasteiger charge is -2.11. The smallest absolute Gasteiger partial charge is 0.416 e. The van der Waals surface area contributed by atoms with E-state index < -0.39 is 29.2 Å². The number of carboxylic acids is 1. The summed E-state index contributed by atoms with van der Waals surface area (Å²) >= 11 is 0.989. The first-order valence-electron chi connectivity index (χ1n) is 5.44. The number of hydrogen-bond acceptors (Lipinski definition) is 4. The summed E-state index contributed by atoms with van der Waals surface area (Å²) in [5.74, 6) is -2.20. The van der Waals surface area contributed by atoms with E-state index in [0.717, 1.165) is 17.8 Å². The Morgan fingerprint density at radius 1 is 1.33 bits per heavy atom. The third-order valence-corrected chi connectivity index (χ3v) is 2.99. The third-order valence-electron chi connectivity index (χ3n) is 2.19. The van der Waals surface area contributed by atoms with Crippen molar-refractivity contribution in [3.8, 4) is 6.07 Å². The van der Waals surface area contributed by atoms with Crippen LogP contribution in [0.1, 0.15) is 15.9 Å². The van der Waals surface area contributed by atoms with Crippen molar-refractivity contribution in [2.75, 3.05) is 16.8 Å². The van der Waals surface area contributed by atoms with Crippen molar-refractivity contribution in [1.29, 1.82) is 5.26 Å². The maximum atomic E-state index is 12.7. The molecule has 0 radical (unpaired) electrons. The van der Waals surface area contributed by atoms with Crippen molar-refractivity contribution in [2.24, 2.45) is 0 Å². The zero-order chi connectivity index (χ0) is 16.0. The number of thioether (sulfide) groups is 1. The van der Waals surface area contributed by atoms with Crippen molar-refractivity contribution < 1.29 is 27.9 Å². The third kappa shape index (κ3) is 5.35. The van der Waals surface area contributed by atoms with Gasteiger partial charge < -0.3 is 10.4 Å². The molecule has 1 rings (SSSR count). The minimum absolute atomic E-state index is 0.0659. The van der Waals surface area contributed by atoms with Crippen LogP contribution in [0.25, 0.3) is 0 Å². The van der Waals surface area contributed by atoms with Crippen molar-refractivity contribution in [1.82, 2.24) is 0 Å². The molecule has 0 aliphatic carbocycles. The predicted molar refractivity (Wildman–Crippen MR) is 70.0 cm³/mol. The number of nitrogens with one attached hydrogen (secondary N) is 1. The van der Waals surface area contributed by atoms with Gasteiger partial charge in [-0.15, -0.1) is 11.8 Å². The van der Waals surface area contributed by atoms with Gasteiger partial charge in [0.05, 0.1) is 28.7 Å². The first-order valence-corrected chi connectivity index (χ1v) is 6.59. The van der Waals surface area contributed by atoms with Crippen molar-refractivity contribution >= 4 is 29.3 Å². The molecule has 0 atom stereocenters. The Labute approximate surface area is 121 Å². The van der Waals surface area contributed by atoms with E-state index in [1.165, 1.54) is 0 Å². The Bertz CT molecular complexity index is 596. The molecule has 5 nitrogen and oxygen atoms in total. The van der Waals surface area contributed by atoms with E-state index in [1.807, 2.05) is 0 Å². The number of anilines is 1. The number of hydrogen-bond donors (Lipinski definition) is 2. The largest absolute Gasteiger partial charge is 0.478 e. The highest BCUT2D eigenvalue weighted by atomic mass is 32.2. The SMILES string of the molecule is N#CCSCC(=O)Nc1cc(C(=O)O)cc(C(F)(F)F)c1. The van der Waals surface area contributed by atoms with E-state index in [-0.39, 0.29) is 17.2 Å². The number of amides is 1. The number of nitriles is 1. The molecule has 0 aliphatic heterocycles. The van der Waals surface area contributed by atoms with Gasteiger partial charge in [0, 0.05) is 5.69 Å². The minimum Gasteiger partial charge on any atom is -0.478 e. The Morgan fingerprint density at radius 2 is 2.00 bits per heavy atom. The predicted octanol–water partition coefficient (Wildman–Crippen LogP) is 2.60. The summed E-state index contributed by atoms with van der Waals surface area (Å²) in [5.41, 5.74) is -2.00. The van der Waals surface area contributed by atoms with E-state index in [1.54, 1.807) is 6.07 Å². The van der Waals surface area contributed by atoms with Gasteiger partial charge in [-0.05, 0) is 18.2 Å². The highest BCUT2D eigenvalue weighted by Crippen LogP contribution is 2.32. The molecule has 1 amide bonds. The zero-order valence-corrected chi connectivity index (χ0v) is 11.2. The first kappa shape index (κ1) is 16.8. The van der Waals surface area contributed by atoms with E-state index in [9.17, 15) is 22.8 Å². The minimum atomic E-state index is -4.72. The highest BCUT2D eigenvalue weighted by Gasteiger charge is 2.32. The van der Waals surface area contributed by atoms with Crippen LogP contribution in [-0.4, -0.2) is 28.5 Å². The highest BCUT2D eigenvalue weighted by molar-refractivity contribution is 8.00. The van der Waals surface area contributed by atoms with Gasteiger partial charge in [-0.2, -0.15) is 18.4 Å². The average Bonchev–Trinajstić information content (AvgIpc) is 2.37. The van der Waals surface area contributed by atoms with Gasteiger partial charge >= 0.3 is 12.1 Å². The van der Waals surface area contributed by atoms with Gasteiger partial charge in [0.2, 0.25) is 5.91 Å². The Morgan fingerprint density at radius 3 is 2.52 bits per heavy atom. The van der Waals surface area contributed by atoms with Gasteiger partial charge in [0.25, 0.3) is 0 Å². The second-order valence-corrected chi connectivity index (χ2v) is 4.79. The maximum absolute atomic E-state index is 12.7. The molecule has 0 unspecified atom stereocenters. The van der Waals surface area contributed by atoms with E-state index >= 15 is 0 Å². The molecule has 21 heavy (non-hydrogen) atoms. The number of nitrogens with zero attached hydrogens (tertiary/aromatic N) is 1. The van der Waals surface area contributed by atoms with Gasteiger partial charge in [0.15, 0.2) is 0 Å². The molecule has 112 valence electrons. The fraction of sp³-hybridized carbons (Fsp3) is 0.250. The molecule has 0 saturated heterocycles. The normalized spacial score (nSPS) is 10.8. The molecule has 1 aromatic carbocycles. The quantitative estimate of drug-likeness (QED) is 0.814. The molecule has 0 saturated carbocycles. The average molecular weight is 318 g/mol. The summed E-state index contributed by atoms with van der Waals surface area (Å²) in [6.45, 7) is 0. The topological polar surface area (TPSA) is 90.2 Å². The van der Waals surface area contributed by atoms with Gasteiger partial charge in [-0.1, -0.05) is 0 Å². The van der Waals surface area contributed by atoms with Crippen molar-refractivity contribution in [2.45, 2.75) is 6.18 Å². The van der Waals surface area contributed by atoms with Gasteiger partial charge in [-0.25, -0.2) is 4.79 Å². The van der Waals surface area contributed by atoms with Crippen LogP contribution in [-0.2, 0) is 11.0 Å². The lowest BCUT2D eigenvalue weighted by Crippen LogP contribution is -2.16. The maximum Gasteiger partial charge on any atom is 0.416 e. The zero-order valence-electron chi connectivity index (χ0n) is 10.4. The number of benzene rings is 1. The molecule has 0 fully saturated rings. The number of halogens is 3. The molecule has 9 heteroatoms. The first-order chi connectivity index (χ1) is 9.74. The number of alkyl halides is 3. The fourth-order valence-corrected chi connectivity index (χ4v) is 1.82. The van der Waals surface area contributed by atoms with Crippen LogP contribution in [0.3, 0.4) is 0 Å². The number of aromatic carboxylic acids is 1. The van der Waals surface area contributed by atoms with Crippen LogP contribution in [0.2, 0.25) is 0 Å². The van der Waals surface area contributed by atoms with Crippen molar-refractivity contribution in [3.63, 3.8) is 0 Å². The monoisotopic (exact) mass is 318 g/mol. The van der Waals surface area contributed by atoms with Crippen LogP contribution in [0.5, 0.6) is 0 Å². The summed E-state index contributed by atoms with van der Waals surface area (Å²) < 4.78 is 38.0. The Kier molecular flexibility index (Phi) is 5.60. The number of carboxylic acid groups (broad SMARTS) is 1. The molecule has 2 N–H and O–H groups in total.